The van der Waals surface area contributed by atoms with E-state index in [-0.39, 0.29) is 17.7 Å². The molecule has 6 nitrogen and oxygen atoms in total. The molecule has 1 aromatic carbocycles. The lowest BCUT2D eigenvalue weighted by Crippen LogP contribution is -2.22. The number of carbonyl (C=O) groups excluding carboxylic acids is 2. The zero-order valence-corrected chi connectivity index (χ0v) is 10.9. The molecular formula is C14H14O6. The fraction of sp³-hybridized carbons (Fsp3) is 0.214. The molecule has 1 N–H and O–H groups in total. The van der Waals surface area contributed by atoms with E-state index in [4.69, 9.17) is 14.6 Å². The number of carbonyl (C=O) groups is 3. The van der Waals surface area contributed by atoms with E-state index in [1.165, 1.54) is 31.2 Å². The number of hydrogen-bond acceptors (Lipinski definition) is 5. The molecule has 0 heterocycles. The minimum absolute atomic E-state index is 0.0535. The molecule has 1 rings (SSSR count). The summed E-state index contributed by atoms with van der Waals surface area (Å²) in [4.78, 5) is 33.7. The van der Waals surface area contributed by atoms with Gasteiger partial charge in [-0.25, -0.2) is 14.4 Å². The maximum Gasteiger partial charge on any atom is 0.339 e. The maximum absolute atomic E-state index is 11.8. The Morgan fingerprint density at radius 3 is 2.45 bits per heavy atom. The third kappa shape index (κ3) is 4.24. The Labute approximate surface area is 115 Å². The molecule has 0 amide bonds. The quantitative estimate of drug-likeness (QED) is 0.628. The molecule has 0 bridgehead atoms. The number of carboxylic acids is 1. The summed E-state index contributed by atoms with van der Waals surface area (Å²) in [5.41, 5.74) is -0.199. The number of esters is 2. The van der Waals surface area contributed by atoms with Crippen molar-refractivity contribution in [3.63, 3.8) is 0 Å². The molecule has 20 heavy (non-hydrogen) atoms. The number of aromatic carboxylic acids is 1. The van der Waals surface area contributed by atoms with Gasteiger partial charge in [0.2, 0.25) is 0 Å². The van der Waals surface area contributed by atoms with E-state index in [1.54, 1.807) is 0 Å². The lowest BCUT2D eigenvalue weighted by molar-refractivity contribution is -0.144. The molecule has 0 radical (unpaired) electrons. The summed E-state index contributed by atoms with van der Waals surface area (Å²) in [5.74, 6) is -2.63. The normalized spacial score (nSPS) is 11.2. The van der Waals surface area contributed by atoms with Crippen molar-refractivity contribution in [2.24, 2.45) is 0 Å². The van der Waals surface area contributed by atoms with Crippen LogP contribution in [0.1, 0.15) is 27.6 Å². The summed E-state index contributed by atoms with van der Waals surface area (Å²) >= 11 is 0. The first kappa shape index (κ1) is 15.4. The lowest BCUT2D eigenvalue weighted by atomic mass is 10.1. The summed E-state index contributed by atoms with van der Waals surface area (Å²) in [6.45, 7) is 4.61. The monoisotopic (exact) mass is 278 g/mol. The Morgan fingerprint density at radius 1 is 1.30 bits per heavy atom. The van der Waals surface area contributed by atoms with Gasteiger partial charge in [-0.2, -0.15) is 0 Å². The van der Waals surface area contributed by atoms with Crippen molar-refractivity contribution in [2.45, 2.75) is 13.0 Å². The lowest BCUT2D eigenvalue weighted by Gasteiger charge is -2.12. The van der Waals surface area contributed by atoms with Crippen molar-refractivity contribution in [3.05, 3.63) is 48.0 Å². The van der Waals surface area contributed by atoms with Crippen LogP contribution in [0, 0.1) is 0 Å². The van der Waals surface area contributed by atoms with E-state index in [1.807, 2.05) is 0 Å². The van der Waals surface area contributed by atoms with Crippen LogP contribution in [0.4, 0.5) is 0 Å². The Kier molecular flexibility index (Phi) is 5.46. The zero-order valence-electron chi connectivity index (χ0n) is 10.9. The van der Waals surface area contributed by atoms with Crippen molar-refractivity contribution in [1.82, 2.24) is 0 Å². The molecule has 0 aromatic heterocycles. The van der Waals surface area contributed by atoms with Crippen molar-refractivity contribution in [3.8, 4) is 0 Å². The number of rotatable bonds is 6. The highest BCUT2D eigenvalue weighted by Gasteiger charge is 2.18. The maximum atomic E-state index is 11.8. The Balaban J connectivity index is 2.66. The molecule has 0 saturated heterocycles. The highest BCUT2D eigenvalue weighted by atomic mass is 16.6. The third-order valence-electron chi connectivity index (χ3n) is 2.31. The second kappa shape index (κ2) is 7.08. The molecule has 0 aliphatic rings. The average molecular weight is 278 g/mol. The van der Waals surface area contributed by atoms with E-state index in [9.17, 15) is 14.4 Å². The fourth-order valence-corrected chi connectivity index (χ4v) is 1.40. The van der Waals surface area contributed by atoms with E-state index in [0.717, 1.165) is 6.08 Å². The van der Waals surface area contributed by atoms with Crippen molar-refractivity contribution >= 4 is 17.9 Å². The van der Waals surface area contributed by atoms with Gasteiger partial charge in [0.1, 0.15) is 12.7 Å². The van der Waals surface area contributed by atoms with Crippen LogP contribution in [0.15, 0.2) is 36.9 Å². The summed E-state index contributed by atoms with van der Waals surface area (Å²) in [5, 5.41) is 8.95. The molecule has 0 aliphatic carbocycles. The molecule has 0 aliphatic heterocycles. The largest absolute Gasteiger partial charge is 0.478 e. The van der Waals surface area contributed by atoms with Gasteiger partial charge in [-0.3, -0.25) is 0 Å². The predicted octanol–water partition coefficient (Wildman–Crippen LogP) is 1.66. The van der Waals surface area contributed by atoms with Crippen LogP contribution in [-0.4, -0.2) is 35.7 Å². The van der Waals surface area contributed by atoms with Crippen molar-refractivity contribution in [2.75, 3.05) is 6.61 Å². The van der Waals surface area contributed by atoms with Gasteiger partial charge in [0, 0.05) is 6.08 Å². The van der Waals surface area contributed by atoms with Crippen LogP contribution in [0.5, 0.6) is 0 Å². The van der Waals surface area contributed by atoms with Crippen molar-refractivity contribution < 1.29 is 29.0 Å². The molecule has 1 aromatic rings. The second-order valence-corrected chi connectivity index (χ2v) is 3.90. The van der Waals surface area contributed by atoms with Crippen LogP contribution in [0.25, 0.3) is 0 Å². The van der Waals surface area contributed by atoms with Gasteiger partial charge >= 0.3 is 17.9 Å². The van der Waals surface area contributed by atoms with Gasteiger partial charge in [0.05, 0.1) is 11.1 Å². The minimum Gasteiger partial charge on any atom is -0.478 e. The molecule has 6 heteroatoms. The first-order valence-electron chi connectivity index (χ1n) is 5.78. The fourth-order valence-electron chi connectivity index (χ4n) is 1.40. The molecule has 1 atom stereocenters. The van der Waals surface area contributed by atoms with Gasteiger partial charge < -0.3 is 14.6 Å². The minimum atomic E-state index is -1.22. The molecule has 0 spiro atoms. The molecule has 106 valence electrons. The number of carboxylic acid groups (broad SMARTS) is 1. The van der Waals surface area contributed by atoms with E-state index >= 15 is 0 Å². The van der Waals surface area contributed by atoms with Crippen LogP contribution >= 0.6 is 0 Å². The molecule has 0 saturated carbocycles. The summed E-state index contributed by atoms with van der Waals surface area (Å²) in [7, 11) is 0. The predicted molar refractivity (Wildman–Crippen MR) is 69.4 cm³/mol. The third-order valence-corrected chi connectivity index (χ3v) is 2.31. The van der Waals surface area contributed by atoms with Crippen molar-refractivity contribution in [1.29, 1.82) is 0 Å². The zero-order chi connectivity index (χ0) is 15.1. The van der Waals surface area contributed by atoms with Crippen LogP contribution in [-0.2, 0) is 14.3 Å². The van der Waals surface area contributed by atoms with Crippen LogP contribution < -0.4 is 0 Å². The second-order valence-electron chi connectivity index (χ2n) is 3.90. The highest BCUT2D eigenvalue weighted by Crippen LogP contribution is 2.10. The first-order chi connectivity index (χ1) is 9.45. The average Bonchev–Trinajstić information content (AvgIpc) is 2.44. The topological polar surface area (TPSA) is 89.9 Å². The summed E-state index contributed by atoms with van der Waals surface area (Å²) in [6, 6.07) is 5.70. The Morgan fingerprint density at radius 2 is 1.90 bits per heavy atom. The standard InChI is InChI=1S/C14H14O6/c1-3-12(15)20-9(2)8-19-14(18)11-7-5-4-6-10(11)13(16)17/h3-7,9H,1,8H2,2H3,(H,16,17). The Hall–Kier alpha value is -2.63. The molecule has 1 unspecified atom stereocenters. The van der Waals surface area contributed by atoms with E-state index in [0.29, 0.717) is 0 Å². The SMILES string of the molecule is C=CC(=O)OC(C)COC(=O)c1ccccc1C(=O)O. The van der Waals surface area contributed by atoms with Gasteiger partial charge in [-0.1, -0.05) is 18.7 Å². The molecule has 0 fully saturated rings. The van der Waals surface area contributed by atoms with Gasteiger partial charge in [-0.05, 0) is 19.1 Å². The smallest absolute Gasteiger partial charge is 0.339 e. The number of hydrogen-bond donors (Lipinski definition) is 1. The van der Waals surface area contributed by atoms with Gasteiger partial charge in [-0.15, -0.1) is 0 Å². The molecular weight excluding hydrogens is 264 g/mol. The number of benzene rings is 1. The van der Waals surface area contributed by atoms with E-state index in [2.05, 4.69) is 6.58 Å². The summed E-state index contributed by atoms with van der Waals surface area (Å²) < 4.78 is 9.73. The van der Waals surface area contributed by atoms with Crippen LogP contribution in [0.3, 0.4) is 0 Å². The van der Waals surface area contributed by atoms with E-state index < -0.39 is 24.0 Å². The first-order valence-corrected chi connectivity index (χ1v) is 5.78. The number of ether oxygens (including phenoxy) is 2. The summed E-state index contributed by atoms with van der Waals surface area (Å²) in [6.07, 6.45) is 0.347. The van der Waals surface area contributed by atoms with Gasteiger partial charge in [0.15, 0.2) is 0 Å². The Bertz CT molecular complexity index is 534. The highest BCUT2D eigenvalue weighted by molar-refractivity contribution is 6.02. The van der Waals surface area contributed by atoms with Gasteiger partial charge in [0.25, 0.3) is 0 Å². The van der Waals surface area contributed by atoms with Crippen LogP contribution in [0.2, 0.25) is 0 Å².